The van der Waals surface area contributed by atoms with Crippen LogP contribution in [0, 0.1) is 0 Å². The lowest BCUT2D eigenvalue weighted by atomic mass is 10.2. The second-order valence-corrected chi connectivity index (χ2v) is 7.64. The van der Waals surface area contributed by atoms with Crippen LogP contribution in [0.25, 0.3) is 11.4 Å². The van der Waals surface area contributed by atoms with Crippen molar-refractivity contribution >= 4 is 46.6 Å². The maximum atomic E-state index is 12.4. The van der Waals surface area contributed by atoms with Crippen molar-refractivity contribution in [2.45, 2.75) is 5.16 Å². The van der Waals surface area contributed by atoms with Gasteiger partial charge >= 0.3 is 0 Å². The highest BCUT2D eigenvalue weighted by Crippen LogP contribution is 2.26. The number of anilines is 1. The lowest BCUT2D eigenvalue weighted by Crippen LogP contribution is -2.15. The summed E-state index contributed by atoms with van der Waals surface area (Å²) in [5, 5.41) is 12.8. The van der Waals surface area contributed by atoms with Crippen molar-refractivity contribution < 1.29 is 4.79 Å². The van der Waals surface area contributed by atoms with Gasteiger partial charge in [-0.1, -0.05) is 35.0 Å². The van der Waals surface area contributed by atoms with Gasteiger partial charge in [0.1, 0.15) is 0 Å². The summed E-state index contributed by atoms with van der Waals surface area (Å²) >= 11 is 13.2. The molecule has 0 bridgehead atoms. The number of thioether (sulfide) groups is 1. The zero-order valence-corrected chi connectivity index (χ0v) is 17.2. The zero-order chi connectivity index (χ0) is 20.2. The molecule has 0 aliphatic rings. The second kappa shape index (κ2) is 8.69. The van der Waals surface area contributed by atoms with Gasteiger partial charge in [-0.15, -0.1) is 10.2 Å². The first-order valence-corrected chi connectivity index (χ1v) is 10.2. The van der Waals surface area contributed by atoms with E-state index in [-0.39, 0.29) is 11.7 Å². The number of amides is 1. The number of carbonyl (C=O) groups is 1. The Morgan fingerprint density at radius 3 is 2.52 bits per heavy atom. The molecule has 29 heavy (non-hydrogen) atoms. The maximum absolute atomic E-state index is 12.4. The zero-order valence-electron chi connectivity index (χ0n) is 14.9. The lowest BCUT2D eigenvalue weighted by molar-refractivity contribution is -0.113. The van der Waals surface area contributed by atoms with Crippen LogP contribution >= 0.6 is 35.0 Å². The molecular formula is C19H14Cl2N6OS. The standard InChI is InChI=1S/C19H14Cl2N6OS/c20-15-4-3-14(11-16(15)21)23-17(28)12-29-19-25-24-18(13-5-7-22-8-6-13)27(19)26-9-1-2-10-26/h1-11H,12H2,(H,23,28). The van der Waals surface area contributed by atoms with E-state index in [0.29, 0.717) is 26.7 Å². The van der Waals surface area contributed by atoms with Crippen LogP contribution in [0.3, 0.4) is 0 Å². The van der Waals surface area contributed by atoms with Crippen LogP contribution in [0.1, 0.15) is 0 Å². The number of nitrogens with zero attached hydrogens (tertiary/aromatic N) is 5. The Kier molecular flexibility index (Phi) is 5.84. The minimum atomic E-state index is -0.194. The smallest absolute Gasteiger partial charge is 0.234 e. The largest absolute Gasteiger partial charge is 0.325 e. The van der Waals surface area contributed by atoms with Crippen molar-refractivity contribution in [3.63, 3.8) is 0 Å². The lowest BCUT2D eigenvalue weighted by Gasteiger charge is -2.11. The molecule has 3 heterocycles. The summed E-state index contributed by atoms with van der Waals surface area (Å²) < 4.78 is 3.70. The van der Waals surface area contributed by atoms with Crippen molar-refractivity contribution in [2.24, 2.45) is 0 Å². The fourth-order valence-electron chi connectivity index (χ4n) is 2.60. The number of hydrogen-bond donors (Lipinski definition) is 1. The van der Waals surface area contributed by atoms with Crippen LogP contribution in [-0.4, -0.2) is 36.2 Å². The minimum absolute atomic E-state index is 0.149. The van der Waals surface area contributed by atoms with Crippen LogP contribution in [-0.2, 0) is 4.79 Å². The summed E-state index contributed by atoms with van der Waals surface area (Å²) in [5.41, 5.74) is 1.45. The van der Waals surface area contributed by atoms with E-state index in [0.717, 1.165) is 5.56 Å². The van der Waals surface area contributed by atoms with Crippen molar-refractivity contribution in [3.8, 4) is 11.4 Å². The molecule has 0 fully saturated rings. The first-order valence-electron chi connectivity index (χ1n) is 8.49. The summed E-state index contributed by atoms with van der Waals surface area (Å²) in [7, 11) is 0. The van der Waals surface area contributed by atoms with E-state index < -0.39 is 0 Å². The minimum Gasteiger partial charge on any atom is -0.325 e. The van der Waals surface area contributed by atoms with Crippen LogP contribution < -0.4 is 5.32 Å². The Morgan fingerprint density at radius 2 is 1.79 bits per heavy atom. The molecule has 0 aliphatic carbocycles. The molecule has 10 heteroatoms. The van der Waals surface area contributed by atoms with Gasteiger partial charge in [0.15, 0.2) is 5.82 Å². The average molecular weight is 445 g/mol. The quantitative estimate of drug-likeness (QED) is 0.443. The molecule has 1 N–H and O–H groups in total. The third kappa shape index (κ3) is 4.45. The molecular weight excluding hydrogens is 431 g/mol. The predicted octanol–water partition coefficient (Wildman–Crippen LogP) is 4.49. The second-order valence-electron chi connectivity index (χ2n) is 5.88. The van der Waals surface area contributed by atoms with Crippen molar-refractivity contribution in [2.75, 3.05) is 11.1 Å². The Balaban J connectivity index is 1.53. The number of carbonyl (C=O) groups excluding carboxylic acids is 1. The van der Waals surface area contributed by atoms with Gasteiger partial charge in [-0.2, -0.15) is 0 Å². The van der Waals surface area contributed by atoms with Crippen molar-refractivity contribution in [3.05, 3.63) is 77.3 Å². The monoisotopic (exact) mass is 444 g/mol. The van der Waals surface area contributed by atoms with E-state index in [1.165, 1.54) is 11.8 Å². The molecule has 7 nitrogen and oxygen atoms in total. The fourth-order valence-corrected chi connectivity index (χ4v) is 3.64. The molecule has 0 saturated carbocycles. The predicted molar refractivity (Wildman–Crippen MR) is 114 cm³/mol. The van der Waals surface area contributed by atoms with Crippen LogP contribution in [0.2, 0.25) is 10.0 Å². The summed E-state index contributed by atoms with van der Waals surface area (Å²) in [5.74, 6) is 0.604. The first kappa shape index (κ1) is 19.5. The van der Waals surface area contributed by atoms with Gasteiger partial charge in [-0.05, 0) is 42.5 Å². The van der Waals surface area contributed by atoms with Gasteiger partial charge in [-0.3, -0.25) is 14.5 Å². The normalized spacial score (nSPS) is 10.8. The number of rotatable bonds is 6. The summed E-state index contributed by atoms with van der Waals surface area (Å²) in [6.07, 6.45) is 7.16. The average Bonchev–Trinajstić information content (AvgIpc) is 3.39. The molecule has 0 aliphatic heterocycles. The van der Waals surface area contributed by atoms with E-state index >= 15 is 0 Å². The van der Waals surface area contributed by atoms with Gasteiger partial charge < -0.3 is 5.32 Å². The first-order chi connectivity index (χ1) is 14.1. The number of nitrogens with one attached hydrogen (secondary N) is 1. The molecule has 0 saturated heterocycles. The summed E-state index contributed by atoms with van der Waals surface area (Å²) in [6, 6.07) is 12.5. The molecule has 0 radical (unpaired) electrons. The van der Waals surface area contributed by atoms with E-state index in [4.69, 9.17) is 23.2 Å². The van der Waals surface area contributed by atoms with Crippen LogP contribution in [0.15, 0.2) is 72.4 Å². The Bertz CT molecular complexity index is 1130. The highest BCUT2D eigenvalue weighted by molar-refractivity contribution is 7.99. The molecule has 4 aromatic rings. The van der Waals surface area contributed by atoms with Gasteiger partial charge in [0.2, 0.25) is 11.1 Å². The van der Waals surface area contributed by atoms with E-state index in [1.54, 1.807) is 30.6 Å². The Hall–Kier alpha value is -2.81. The number of benzene rings is 1. The molecule has 3 aromatic heterocycles. The molecule has 0 spiro atoms. The third-order valence-electron chi connectivity index (χ3n) is 3.91. The van der Waals surface area contributed by atoms with E-state index in [1.807, 2.05) is 46.0 Å². The summed E-state index contributed by atoms with van der Waals surface area (Å²) in [6.45, 7) is 0. The molecule has 4 rings (SSSR count). The number of pyridine rings is 1. The molecule has 0 atom stereocenters. The Labute approximate surface area is 180 Å². The number of hydrogen-bond acceptors (Lipinski definition) is 5. The third-order valence-corrected chi connectivity index (χ3v) is 5.56. The van der Waals surface area contributed by atoms with Gasteiger partial charge in [0.05, 0.1) is 15.8 Å². The van der Waals surface area contributed by atoms with Gasteiger partial charge in [0.25, 0.3) is 0 Å². The van der Waals surface area contributed by atoms with Gasteiger partial charge in [-0.25, -0.2) is 4.68 Å². The van der Waals surface area contributed by atoms with Crippen LogP contribution in [0.4, 0.5) is 5.69 Å². The van der Waals surface area contributed by atoms with Gasteiger partial charge in [0, 0.05) is 36.0 Å². The number of aromatic nitrogens is 5. The Morgan fingerprint density at radius 1 is 1.03 bits per heavy atom. The molecule has 146 valence electrons. The topological polar surface area (TPSA) is 77.6 Å². The van der Waals surface area contributed by atoms with E-state index in [2.05, 4.69) is 20.5 Å². The molecule has 1 aromatic carbocycles. The van der Waals surface area contributed by atoms with Crippen molar-refractivity contribution in [1.29, 1.82) is 0 Å². The fraction of sp³-hybridized carbons (Fsp3) is 0.0526. The van der Waals surface area contributed by atoms with E-state index in [9.17, 15) is 4.79 Å². The highest BCUT2D eigenvalue weighted by atomic mass is 35.5. The molecule has 1 amide bonds. The maximum Gasteiger partial charge on any atom is 0.234 e. The SMILES string of the molecule is O=C(CSc1nnc(-c2ccncc2)n1-n1cccc1)Nc1ccc(Cl)c(Cl)c1. The summed E-state index contributed by atoms with van der Waals surface area (Å²) in [4.78, 5) is 16.4. The molecule has 0 unspecified atom stereocenters. The van der Waals surface area contributed by atoms with Crippen LogP contribution in [0.5, 0.6) is 0 Å². The number of halogens is 2. The van der Waals surface area contributed by atoms with Crippen molar-refractivity contribution in [1.82, 2.24) is 24.5 Å². The highest BCUT2D eigenvalue weighted by Gasteiger charge is 2.17.